The van der Waals surface area contributed by atoms with Crippen LogP contribution in [0.4, 0.5) is 5.69 Å². The molecule has 0 aliphatic rings. The standard InChI is InChI=1S/C12H14N2O3S/c13-18(15,16)12-5-3-10(4-6-12)14-8-7-11-2-1-9-17-11/h1-6,9,14H,7-8H2,(H2,13,15,16). The lowest BCUT2D eigenvalue weighted by molar-refractivity contribution is 0.513. The van der Waals surface area contributed by atoms with E-state index in [1.165, 1.54) is 12.1 Å². The molecule has 0 spiro atoms. The lowest BCUT2D eigenvalue weighted by Gasteiger charge is -2.05. The maximum Gasteiger partial charge on any atom is 0.238 e. The van der Waals surface area contributed by atoms with Crippen LogP contribution in [-0.4, -0.2) is 15.0 Å². The summed E-state index contributed by atoms with van der Waals surface area (Å²) in [5.41, 5.74) is 0.842. The van der Waals surface area contributed by atoms with E-state index in [-0.39, 0.29) is 4.90 Å². The molecule has 0 amide bonds. The van der Waals surface area contributed by atoms with Crippen LogP contribution in [-0.2, 0) is 16.4 Å². The summed E-state index contributed by atoms with van der Waals surface area (Å²) < 4.78 is 27.3. The van der Waals surface area contributed by atoms with E-state index in [1.54, 1.807) is 18.4 Å². The van der Waals surface area contributed by atoms with Crippen molar-refractivity contribution in [3.8, 4) is 0 Å². The first-order chi connectivity index (χ1) is 8.55. The topological polar surface area (TPSA) is 85.3 Å². The molecule has 18 heavy (non-hydrogen) atoms. The molecule has 0 bridgehead atoms. The van der Waals surface area contributed by atoms with Crippen LogP contribution < -0.4 is 10.5 Å². The summed E-state index contributed by atoms with van der Waals surface area (Å²) in [6.07, 6.45) is 2.40. The summed E-state index contributed by atoms with van der Waals surface area (Å²) in [5, 5.41) is 8.18. The number of hydrogen-bond donors (Lipinski definition) is 2. The maximum atomic E-state index is 11.1. The fourth-order valence-electron chi connectivity index (χ4n) is 1.55. The minimum absolute atomic E-state index is 0.110. The molecule has 0 fully saturated rings. The second-order valence-corrected chi connectivity index (χ2v) is 5.39. The third-order valence-corrected chi connectivity index (χ3v) is 3.39. The lowest BCUT2D eigenvalue weighted by Crippen LogP contribution is -2.12. The first kappa shape index (κ1) is 12.7. The minimum Gasteiger partial charge on any atom is -0.469 e. The number of sulfonamides is 1. The maximum absolute atomic E-state index is 11.1. The first-order valence-corrected chi connectivity index (χ1v) is 6.99. The normalized spacial score (nSPS) is 11.4. The number of rotatable bonds is 5. The molecule has 0 radical (unpaired) electrons. The molecule has 2 aromatic rings. The number of anilines is 1. The monoisotopic (exact) mass is 266 g/mol. The van der Waals surface area contributed by atoms with E-state index in [1.807, 2.05) is 12.1 Å². The van der Waals surface area contributed by atoms with Crippen LogP contribution in [0.5, 0.6) is 0 Å². The lowest BCUT2D eigenvalue weighted by atomic mass is 10.3. The number of furan rings is 1. The van der Waals surface area contributed by atoms with Crippen molar-refractivity contribution < 1.29 is 12.8 Å². The molecule has 6 heteroatoms. The number of nitrogens with two attached hydrogens (primary N) is 1. The van der Waals surface area contributed by atoms with Crippen molar-refractivity contribution >= 4 is 15.7 Å². The quantitative estimate of drug-likeness (QED) is 0.860. The van der Waals surface area contributed by atoms with Crippen LogP contribution in [0.2, 0.25) is 0 Å². The van der Waals surface area contributed by atoms with Gasteiger partial charge in [0.05, 0.1) is 11.2 Å². The average Bonchev–Trinajstić information content (AvgIpc) is 2.82. The van der Waals surface area contributed by atoms with Gasteiger partial charge in [-0.3, -0.25) is 0 Å². The fraction of sp³-hybridized carbons (Fsp3) is 0.167. The summed E-state index contributed by atoms with van der Waals surface area (Å²) in [6, 6.07) is 10.1. The zero-order valence-electron chi connectivity index (χ0n) is 9.67. The van der Waals surface area contributed by atoms with Gasteiger partial charge in [-0.2, -0.15) is 0 Å². The van der Waals surface area contributed by atoms with Crippen molar-refractivity contribution in [1.29, 1.82) is 0 Å². The molecule has 0 saturated carbocycles. The summed E-state index contributed by atoms with van der Waals surface area (Å²) in [5.74, 6) is 0.906. The van der Waals surface area contributed by atoms with Crippen LogP contribution >= 0.6 is 0 Å². The van der Waals surface area contributed by atoms with Crippen molar-refractivity contribution in [2.75, 3.05) is 11.9 Å². The Hall–Kier alpha value is -1.79. The molecule has 96 valence electrons. The van der Waals surface area contributed by atoms with E-state index < -0.39 is 10.0 Å². The predicted molar refractivity (Wildman–Crippen MR) is 68.7 cm³/mol. The van der Waals surface area contributed by atoms with Gasteiger partial charge in [-0.05, 0) is 36.4 Å². The predicted octanol–water partition coefficient (Wildman–Crippen LogP) is 1.58. The van der Waals surface area contributed by atoms with E-state index in [9.17, 15) is 8.42 Å². The zero-order valence-corrected chi connectivity index (χ0v) is 10.5. The molecule has 1 heterocycles. The molecule has 1 aromatic carbocycles. The third kappa shape index (κ3) is 3.35. The van der Waals surface area contributed by atoms with Crippen molar-refractivity contribution in [2.24, 2.45) is 5.14 Å². The summed E-state index contributed by atoms with van der Waals surface area (Å²) in [7, 11) is -3.62. The van der Waals surface area contributed by atoms with E-state index in [0.29, 0.717) is 6.54 Å². The summed E-state index contributed by atoms with van der Waals surface area (Å²) in [6.45, 7) is 0.711. The van der Waals surface area contributed by atoms with Crippen LogP contribution in [0.1, 0.15) is 5.76 Å². The molecule has 2 rings (SSSR count). The Kier molecular flexibility index (Phi) is 3.69. The number of primary sulfonamides is 1. The van der Waals surface area contributed by atoms with Crippen molar-refractivity contribution in [3.05, 3.63) is 48.4 Å². The Morgan fingerprint density at radius 3 is 2.44 bits per heavy atom. The van der Waals surface area contributed by atoms with E-state index in [4.69, 9.17) is 9.56 Å². The van der Waals surface area contributed by atoms with Gasteiger partial charge in [0.2, 0.25) is 10.0 Å². The number of benzene rings is 1. The van der Waals surface area contributed by atoms with Gasteiger partial charge in [-0.1, -0.05) is 0 Å². The molecule has 3 N–H and O–H groups in total. The SMILES string of the molecule is NS(=O)(=O)c1ccc(NCCc2ccco2)cc1. The van der Waals surface area contributed by atoms with Crippen molar-refractivity contribution in [3.63, 3.8) is 0 Å². The Balaban J connectivity index is 1.91. The zero-order chi connectivity index (χ0) is 13.0. The average molecular weight is 266 g/mol. The second kappa shape index (κ2) is 5.24. The smallest absolute Gasteiger partial charge is 0.238 e. The van der Waals surface area contributed by atoms with Gasteiger partial charge in [0.25, 0.3) is 0 Å². The fourth-order valence-corrected chi connectivity index (χ4v) is 2.06. The highest BCUT2D eigenvalue weighted by atomic mass is 32.2. The van der Waals surface area contributed by atoms with Gasteiger partial charge < -0.3 is 9.73 Å². The van der Waals surface area contributed by atoms with Crippen LogP contribution in [0.15, 0.2) is 52.0 Å². The van der Waals surface area contributed by atoms with Gasteiger partial charge in [-0.15, -0.1) is 0 Å². The molecule has 1 aromatic heterocycles. The third-order valence-electron chi connectivity index (χ3n) is 2.46. The molecule has 0 aliphatic heterocycles. The van der Waals surface area contributed by atoms with E-state index in [2.05, 4.69) is 5.32 Å². The van der Waals surface area contributed by atoms with Gasteiger partial charge in [0.15, 0.2) is 0 Å². The van der Waals surface area contributed by atoms with Crippen LogP contribution in [0, 0.1) is 0 Å². The highest BCUT2D eigenvalue weighted by molar-refractivity contribution is 7.89. The van der Waals surface area contributed by atoms with Crippen LogP contribution in [0.25, 0.3) is 0 Å². The number of hydrogen-bond acceptors (Lipinski definition) is 4. The van der Waals surface area contributed by atoms with Crippen molar-refractivity contribution in [1.82, 2.24) is 0 Å². The summed E-state index contributed by atoms with van der Waals surface area (Å²) in [4.78, 5) is 0.110. The second-order valence-electron chi connectivity index (χ2n) is 3.83. The number of nitrogens with one attached hydrogen (secondary N) is 1. The Bertz CT molecular complexity index is 589. The molecule has 0 aliphatic carbocycles. The van der Waals surface area contributed by atoms with E-state index in [0.717, 1.165) is 17.9 Å². The molecular formula is C12H14N2O3S. The molecule has 0 saturated heterocycles. The minimum atomic E-state index is -3.62. The Morgan fingerprint density at radius 2 is 1.89 bits per heavy atom. The van der Waals surface area contributed by atoms with Gasteiger partial charge in [0.1, 0.15) is 5.76 Å². The molecule has 5 nitrogen and oxygen atoms in total. The molecule has 0 unspecified atom stereocenters. The largest absolute Gasteiger partial charge is 0.469 e. The first-order valence-electron chi connectivity index (χ1n) is 5.45. The van der Waals surface area contributed by atoms with Crippen LogP contribution in [0.3, 0.4) is 0 Å². The highest BCUT2D eigenvalue weighted by Gasteiger charge is 2.06. The Morgan fingerprint density at radius 1 is 1.17 bits per heavy atom. The highest BCUT2D eigenvalue weighted by Crippen LogP contribution is 2.12. The van der Waals surface area contributed by atoms with Gasteiger partial charge >= 0.3 is 0 Å². The summed E-state index contributed by atoms with van der Waals surface area (Å²) >= 11 is 0. The Labute approximate surface area is 106 Å². The van der Waals surface area contributed by atoms with Gasteiger partial charge in [0, 0.05) is 18.7 Å². The molecule has 0 atom stereocenters. The van der Waals surface area contributed by atoms with Crippen molar-refractivity contribution in [2.45, 2.75) is 11.3 Å². The van der Waals surface area contributed by atoms with Gasteiger partial charge in [-0.25, -0.2) is 13.6 Å². The molecular weight excluding hydrogens is 252 g/mol. The van der Waals surface area contributed by atoms with E-state index >= 15 is 0 Å².